The number of carbonyl (C=O) groups excluding carboxylic acids is 1. The van der Waals surface area contributed by atoms with Crippen LogP contribution in [0.3, 0.4) is 0 Å². The van der Waals surface area contributed by atoms with Crippen LogP contribution in [0.25, 0.3) is 0 Å². The third-order valence-corrected chi connectivity index (χ3v) is 11.5. The number of unbranched alkanes of at least 4 members (excludes halogenated alkanes) is 33. The fraction of sp³-hybridized carbons (Fsp3) is 0.900. The maximum absolute atomic E-state index is 12.4. The number of aliphatic hydroxyl groups is 3. The van der Waals surface area contributed by atoms with Crippen molar-refractivity contribution in [1.82, 2.24) is 5.32 Å². The van der Waals surface area contributed by atoms with Gasteiger partial charge in [-0.15, -0.1) is 0 Å². The number of amides is 1. The Morgan fingerprint density at radius 1 is 0.436 bits per heavy atom. The van der Waals surface area contributed by atoms with Gasteiger partial charge in [-0.3, -0.25) is 4.79 Å². The highest BCUT2D eigenvalue weighted by atomic mass is 16.3. The molecule has 0 aromatic rings. The molecule has 0 radical (unpaired) electrons. The van der Waals surface area contributed by atoms with E-state index < -0.39 is 18.2 Å². The number of hydrogen-bond donors (Lipinski definition) is 4. The number of rotatable bonds is 45. The maximum atomic E-state index is 12.4. The summed E-state index contributed by atoms with van der Waals surface area (Å²) in [5.41, 5.74) is 0. The summed E-state index contributed by atoms with van der Waals surface area (Å²) >= 11 is 0. The van der Waals surface area contributed by atoms with Crippen LogP contribution in [0.4, 0.5) is 0 Å². The van der Waals surface area contributed by atoms with Gasteiger partial charge in [0.2, 0.25) is 5.91 Å². The van der Waals surface area contributed by atoms with Gasteiger partial charge in [-0.05, 0) is 44.9 Å². The topological polar surface area (TPSA) is 89.8 Å². The summed E-state index contributed by atoms with van der Waals surface area (Å²) in [5, 5.41) is 33.4. The molecule has 1 amide bonds. The average Bonchev–Trinajstić information content (AvgIpc) is 3.19. The van der Waals surface area contributed by atoms with Crippen LogP contribution >= 0.6 is 0 Å². The Labute approximate surface area is 343 Å². The van der Waals surface area contributed by atoms with Gasteiger partial charge >= 0.3 is 0 Å². The molecule has 0 aromatic carbocycles. The lowest BCUT2D eigenvalue weighted by Crippen LogP contribution is -2.50. The standard InChI is InChI=1S/C50H97NO4/c1-3-5-7-9-11-13-15-16-17-18-19-20-21-22-23-24-25-26-27-28-29-30-31-32-33-34-35-37-39-41-43-45-49(54)51-47(46-52)50(55)48(53)44-42-40-38-36-14-12-10-8-6-4-2/h8,10,36,38,47-48,50,52-53,55H,3-7,9,11-35,37,39-46H2,1-2H3,(H,51,54)/b10-8+,38-36+. The molecule has 0 aromatic heterocycles. The molecule has 326 valence electrons. The van der Waals surface area contributed by atoms with Gasteiger partial charge in [-0.2, -0.15) is 0 Å². The Balaban J connectivity index is 3.45. The zero-order valence-corrected chi connectivity index (χ0v) is 37.1. The van der Waals surface area contributed by atoms with Crippen molar-refractivity contribution in [2.24, 2.45) is 0 Å². The first-order valence-electron chi connectivity index (χ1n) is 24.6. The van der Waals surface area contributed by atoms with Crippen LogP contribution in [-0.4, -0.2) is 46.1 Å². The Kier molecular flexibility index (Phi) is 44.6. The van der Waals surface area contributed by atoms with Crippen molar-refractivity contribution < 1.29 is 20.1 Å². The number of carbonyl (C=O) groups is 1. The third kappa shape index (κ3) is 40.8. The summed E-state index contributed by atoms with van der Waals surface area (Å²) in [4.78, 5) is 12.4. The molecule has 3 unspecified atom stereocenters. The van der Waals surface area contributed by atoms with Crippen LogP contribution in [0.5, 0.6) is 0 Å². The molecular formula is C50H97NO4. The quantitative estimate of drug-likeness (QED) is 0.0366. The smallest absolute Gasteiger partial charge is 0.220 e. The fourth-order valence-corrected chi connectivity index (χ4v) is 7.72. The van der Waals surface area contributed by atoms with Gasteiger partial charge in [-0.1, -0.05) is 237 Å². The summed E-state index contributed by atoms with van der Waals surface area (Å²) in [7, 11) is 0. The molecule has 0 bridgehead atoms. The van der Waals surface area contributed by atoms with Gasteiger partial charge in [0.25, 0.3) is 0 Å². The fourth-order valence-electron chi connectivity index (χ4n) is 7.72. The van der Waals surface area contributed by atoms with Crippen molar-refractivity contribution in [3.8, 4) is 0 Å². The molecule has 5 nitrogen and oxygen atoms in total. The molecule has 0 spiro atoms. The minimum absolute atomic E-state index is 0.156. The van der Waals surface area contributed by atoms with E-state index in [9.17, 15) is 20.1 Å². The number of allylic oxidation sites excluding steroid dienone is 4. The molecule has 0 aliphatic rings. The minimum atomic E-state index is -1.16. The van der Waals surface area contributed by atoms with Crippen LogP contribution < -0.4 is 5.32 Å². The molecule has 5 heteroatoms. The lowest BCUT2D eigenvalue weighted by Gasteiger charge is -2.26. The monoisotopic (exact) mass is 776 g/mol. The SMILES string of the molecule is CCC/C=C/CC/C=C/CCCC(O)C(O)C(CO)NC(=O)CCCCCCCCCCCCCCCCCCCCCCCCCCCCCCCCC. The van der Waals surface area contributed by atoms with Gasteiger partial charge in [0.05, 0.1) is 18.8 Å². The highest BCUT2D eigenvalue weighted by Crippen LogP contribution is 2.17. The molecule has 0 aliphatic carbocycles. The van der Waals surface area contributed by atoms with Gasteiger partial charge < -0.3 is 20.6 Å². The summed E-state index contributed by atoms with van der Waals surface area (Å²) in [5.74, 6) is -0.156. The lowest BCUT2D eigenvalue weighted by molar-refractivity contribution is -0.124. The first-order chi connectivity index (χ1) is 27.1. The summed E-state index contributed by atoms with van der Waals surface area (Å²) < 4.78 is 0. The molecule has 0 heterocycles. The van der Waals surface area contributed by atoms with E-state index >= 15 is 0 Å². The Morgan fingerprint density at radius 2 is 0.764 bits per heavy atom. The number of aliphatic hydroxyl groups excluding tert-OH is 3. The van der Waals surface area contributed by atoms with Crippen LogP contribution in [-0.2, 0) is 4.79 Å². The van der Waals surface area contributed by atoms with Crippen molar-refractivity contribution in [3.05, 3.63) is 24.3 Å². The summed E-state index contributed by atoms with van der Waals surface area (Å²) in [6.45, 7) is 4.10. The minimum Gasteiger partial charge on any atom is -0.394 e. The van der Waals surface area contributed by atoms with E-state index in [1.807, 2.05) is 0 Å². The Morgan fingerprint density at radius 3 is 1.11 bits per heavy atom. The van der Waals surface area contributed by atoms with Crippen molar-refractivity contribution in [1.29, 1.82) is 0 Å². The van der Waals surface area contributed by atoms with Gasteiger partial charge in [-0.25, -0.2) is 0 Å². The van der Waals surface area contributed by atoms with Crippen molar-refractivity contribution >= 4 is 5.91 Å². The molecule has 0 rings (SSSR count). The van der Waals surface area contributed by atoms with E-state index in [0.29, 0.717) is 12.8 Å². The van der Waals surface area contributed by atoms with Crippen LogP contribution in [0, 0.1) is 0 Å². The second-order valence-corrected chi connectivity index (χ2v) is 17.0. The summed E-state index contributed by atoms with van der Waals surface area (Å²) in [6.07, 6.45) is 56.3. The predicted octanol–water partition coefficient (Wildman–Crippen LogP) is 14.6. The Hall–Kier alpha value is -1.17. The number of hydrogen-bond acceptors (Lipinski definition) is 4. The zero-order chi connectivity index (χ0) is 40.1. The normalized spacial score (nSPS) is 13.6. The summed E-state index contributed by atoms with van der Waals surface area (Å²) in [6, 6.07) is -0.827. The van der Waals surface area contributed by atoms with Gasteiger partial charge in [0.1, 0.15) is 6.10 Å². The van der Waals surface area contributed by atoms with Crippen LogP contribution in [0.2, 0.25) is 0 Å². The molecule has 55 heavy (non-hydrogen) atoms. The van der Waals surface area contributed by atoms with Crippen molar-refractivity contribution in [2.75, 3.05) is 6.61 Å². The van der Waals surface area contributed by atoms with E-state index in [4.69, 9.17) is 0 Å². The maximum Gasteiger partial charge on any atom is 0.220 e. The molecule has 4 N–H and O–H groups in total. The first kappa shape index (κ1) is 53.8. The second kappa shape index (κ2) is 45.5. The van der Waals surface area contributed by atoms with E-state index in [2.05, 4.69) is 43.5 Å². The predicted molar refractivity (Wildman–Crippen MR) is 241 cm³/mol. The average molecular weight is 776 g/mol. The molecule has 3 atom stereocenters. The first-order valence-corrected chi connectivity index (χ1v) is 24.6. The molecule has 0 fully saturated rings. The highest BCUT2D eigenvalue weighted by Gasteiger charge is 2.26. The molecular weight excluding hydrogens is 679 g/mol. The van der Waals surface area contributed by atoms with E-state index in [0.717, 1.165) is 51.4 Å². The zero-order valence-electron chi connectivity index (χ0n) is 37.1. The lowest BCUT2D eigenvalue weighted by atomic mass is 10.0. The van der Waals surface area contributed by atoms with Crippen molar-refractivity contribution in [2.45, 2.75) is 283 Å². The van der Waals surface area contributed by atoms with Crippen molar-refractivity contribution in [3.63, 3.8) is 0 Å². The highest BCUT2D eigenvalue weighted by molar-refractivity contribution is 5.76. The second-order valence-electron chi connectivity index (χ2n) is 17.0. The number of nitrogens with one attached hydrogen (secondary N) is 1. The van der Waals surface area contributed by atoms with Gasteiger partial charge in [0.15, 0.2) is 0 Å². The largest absolute Gasteiger partial charge is 0.394 e. The molecule has 0 saturated carbocycles. The third-order valence-electron chi connectivity index (χ3n) is 11.5. The Bertz CT molecular complexity index is 814. The van der Waals surface area contributed by atoms with E-state index in [1.54, 1.807) is 0 Å². The van der Waals surface area contributed by atoms with Gasteiger partial charge in [0, 0.05) is 6.42 Å². The molecule has 0 saturated heterocycles. The van der Waals surface area contributed by atoms with E-state index in [-0.39, 0.29) is 12.5 Å². The van der Waals surface area contributed by atoms with E-state index in [1.165, 1.54) is 186 Å². The van der Waals surface area contributed by atoms with Crippen LogP contribution in [0.1, 0.15) is 264 Å². The molecule has 0 aliphatic heterocycles. The van der Waals surface area contributed by atoms with Crippen LogP contribution in [0.15, 0.2) is 24.3 Å².